The number of hydrogen-bond donors (Lipinski definition) is 1. The van der Waals surface area contributed by atoms with E-state index in [1.807, 2.05) is 25.1 Å². The highest BCUT2D eigenvalue weighted by molar-refractivity contribution is 5.86. The zero-order chi connectivity index (χ0) is 12.4. The molecule has 1 aromatic rings. The Balaban J connectivity index is 2.24. The molecule has 1 unspecified atom stereocenters. The highest BCUT2D eigenvalue weighted by Crippen LogP contribution is 2.26. The highest BCUT2D eigenvalue weighted by Gasteiger charge is 2.27. The number of nitrogens with zero attached hydrogens (tertiary/aromatic N) is 1. The van der Waals surface area contributed by atoms with E-state index in [4.69, 9.17) is 5.73 Å². The van der Waals surface area contributed by atoms with Crippen LogP contribution in [0.4, 0.5) is 5.69 Å². The predicted molar refractivity (Wildman–Crippen MR) is 66.1 cm³/mol. The molecule has 1 heterocycles. The number of aldehydes is 1. The van der Waals surface area contributed by atoms with Crippen LogP contribution in [0.15, 0.2) is 18.2 Å². The minimum absolute atomic E-state index is 0.101. The Labute approximate surface area is 100 Å². The molecule has 1 aromatic carbocycles. The van der Waals surface area contributed by atoms with E-state index in [2.05, 4.69) is 4.90 Å². The number of amides is 1. The first-order valence-electron chi connectivity index (χ1n) is 5.72. The van der Waals surface area contributed by atoms with Gasteiger partial charge in [-0.2, -0.15) is 0 Å². The average Bonchev–Trinajstić information content (AvgIpc) is 2.78. The van der Waals surface area contributed by atoms with Gasteiger partial charge in [0, 0.05) is 24.3 Å². The molecule has 0 saturated carbocycles. The van der Waals surface area contributed by atoms with Crippen molar-refractivity contribution in [3.8, 4) is 0 Å². The second-order valence-corrected chi connectivity index (χ2v) is 4.51. The van der Waals surface area contributed by atoms with Gasteiger partial charge >= 0.3 is 0 Å². The van der Waals surface area contributed by atoms with Crippen LogP contribution in [0, 0.1) is 12.8 Å². The summed E-state index contributed by atoms with van der Waals surface area (Å²) in [6.45, 7) is 3.34. The quantitative estimate of drug-likeness (QED) is 0.794. The molecule has 90 valence electrons. The van der Waals surface area contributed by atoms with Crippen LogP contribution >= 0.6 is 0 Å². The van der Waals surface area contributed by atoms with Gasteiger partial charge in [-0.15, -0.1) is 0 Å². The van der Waals surface area contributed by atoms with E-state index < -0.39 is 0 Å². The summed E-state index contributed by atoms with van der Waals surface area (Å²) in [5, 5.41) is 0. The van der Waals surface area contributed by atoms with E-state index in [0.29, 0.717) is 12.1 Å². The van der Waals surface area contributed by atoms with Crippen LogP contribution in [0.5, 0.6) is 0 Å². The molecular formula is C13H16N2O2. The second-order valence-electron chi connectivity index (χ2n) is 4.51. The van der Waals surface area contributed by atoms with Gasteiger partial charge in [0.25, 0.3) is 0 Å². The lowest BCUT2D eigenvalue weighted by atomic mass is 10.1. The van der Waals surface area contributed by atoms with E-state index in [-0.39, 0.29) is 11.8 Å². The number of nitrogens with two attached hydrogens (primary N) is 1. The number of carbonyl (C=O) groups excluding carboxylic acids is 2. The summed E-state index contributed by atoms with van der Waals surface area (Å²) in [5.74, 6) is -0.358. The normalized spacial score (nSPS) is 19.4. The Morgan fingerprint density at radius 1 is 1.53 bits per heavy atom. The van der Waals surface area contributed by atoms with Crippen molar-refractivity contribution >= 4 is 17.9 Å². The maximum absolute atomic E-state index is 11.1. The standard InChI is InChI=1S/C13H16N2O2/c1-9-2-3-12(11(6-9)8-16)15-5-4-10(7-15)13(14)17/h2-3,6,8,10H,4-5,7H2,1H3,(H2,14,17). The molecule has 4 heteroatoms. The van der Waals surface area contributed by atoms with Crippen LogP contribution in [0.25, 0.3) is 0 Å². The van der Waals surface area contributed by atoms with Gasteiger partial charge in [-0.3, -0.25) is 9.59 Å². The third-order valence-corrected chi connectivity index (χ3v) is 3.24. The van der Waals surface area contributed by atoms with Crippen molar-refractivity contribution in [2.24, 2.45) is 11.7 Å². The van der Waals surface area contributed by atoms with Gasteiger partial charge in [-0.1, -0.05) is 11.6 Å². The molecule has 0 spiro atoms. The Bertz CT molecular complexity index is 457. The highest BCUT2D eigenvalue weighted by atomic mass is 16.1. The molecule has 0 aromatic heterocycles. The first-order valence-corrected chi connectivity index (χ1v) is 5.72. The zero-order valence-electron chi connectivity index (χ0n) is 9.85. The molecule has 2 N–H and O–H groups in total. The van der Waals surface area contributed by atoms with Crippen LogP contribution in [-0.4, -0.2) is 25.3 Å². The molecule has 1 atom stereocenters. The number of primary amides is 1. The smallest absolute Gasteiger partial charge is 0.222 e. The summed E-state index contributed by atoms with van der Waals surface area (Å²) in [6.07, 6.45) is 1.63. The molecule has 2 rings (SSSR count). The second kappa shape index (κ2) is 4.57. The molecular weight excluding hydrogens is 216 g/mol. The van der Waals surface area contributed by atoms with Gasteiger partial charge in [0.2, 0.25) is 5.91 Å². The molecule has 0 radical (unpaired) electrons. The summed E-state index contributed by atoms with van der Waals surface area (Å²) in [7, 11) is 0. The number of anilines is 1. The van der Waals surface area contributed by atoms with Crippen LogP contribution in [0.2, 0.25) is 0 Å². The van der Waals surface area contributed by atoms with Gasteiger partial charge in [0.05, 0.1) is 5.92 Å². The van der Waals surface area contributed by atoms with Crippen molar-refractivity contribution in [1.82, 2.24) is 0 Å². The number of benzene rings is 1. The zero-order valence-corrected chi connectivity index (χ0v) is 9.85. The lowest BCUT2D eigenvalue weighted by molar-refractivity contribution is -0.121. The summed E-state index contributed by atoms with van der Waals surface area (Å²) >= 11 is 0. The molecule has 1 aliphatic rings. The van der Waals surface area contributed by atoms with Gasteiger partial charge < -0.3 is 10.6 Å². The van der Waals surface area contributed by atoms with Crippen LogP contribution in [-0.2, 0) is 4.79 Å². The molecule has 1 amide bonds. The van der Waals surface area contributed by atoms with Crippen molar-refractivity contribution in [2.75, 3.05) is 18.0 Å². The molecule has 4 nitrogen and oxygen atoms in total. The van der Waals surface area contributed by atoms with E-state index in [1.54, 1.807) is 0 Å². The number of hydrogen-bond acceptors (Lipinski definition) is 3. The summed E-state index contributed by atoms with van der Waals surface area (Å²) in [4.78, 5) is 24.2. The Morgan fingerprint density at radius 3 is 2.88 bits per heavy atom. The van der Waals surface area contributed by atoms with E-state index >= 15 is 0 Å². The molecule has 1 saturated heterocycles. The topological polar surface area (TPSA) is 63.4 Å². The van der Waals surface area contributed by atoms with E-state index in [0.717, 1.165) is 30.5 Å². The monoisotopic (exact) mass is 232 g/mol. The average molecular weight is 232 g/mol. The van der Waals surface area contributed by atoms with Crippen molar-refractivity contribution in [3.63, 3.8) is 0 Å². The summed E-state index contributed by atoms with van der Waals surface area (Å²) in [6, 6.07) is 5.77. The van der Waals surface area contributed by atoms with Gasteiger partial charge in [0.15, 0.2) is 6.29 Å². The third kappa shape index (κ3) is 2.30. The summed E-state index contributed by atoms with van der Waals surface area (Å²) < 4.78 is 0. The molecule has 0 aliphatic carbocycles. The largest absolute Gasteiger partial charge is 0.370 e. The van der Waals surface area contributed by atoms with Crippen LogP contribution < -0.4 is 10.6 Å². The predicted octanol–water partition coefficient (Wildman–Crippen LogP) is 1.12. The fraction of sp³-hybridized carbons (Fsp3) is 0.385. The maximum atomic E-state index is 11.1. The van der Waals surface area contributed by atoms with Crippen LogP contribution in [0.1, 0.15) is 22.3 Å². The Kier molecular flexibility index (Phi) is 3.13. The Hall–Kier alpha value is -1.84. The van der Waals surface area contributed by atoms with E-state index in [9.17, 15) is 9.59 Å². The minimum atomic E-state index is -0.257. The number of carbonyl (C=O) groups is 2. The van der Waals surface area contributed by atoms with Crippen molar-refractivity contribution in [3.05, 3.63) is 29.3 Å². The molecule has 0 bridgehead atoms. The first-order chi connectivity index (χ1) is 8.11. The number of aryl methyl sites for hydroxylation is 1. The molecule has 1 aliphatic heterocycles. The van der Waals surface area contributed by atoms with Crippen molar-refractivity contribution < 1.29 is 9.59 Å². The lowest BCUT2D eigenvalue weighted by Crippen LogP contribution is -2.27. The SMILES string of the molecule is Cc1ccc(N2CCC(C(N)=O)C2)c(C=O)c1. The maximum Gasteiger partial charge on any atom is 0.222 e. The molecule has 17 heavy (non-hydrogen) atoms. The Morgan fingerprint density at radius 2 is 2.29 bits per heavy atom. The minimum Gasteiger partial charge on any atom is -0.370 e. The first kappa shape index (κ1) is 11.6. The molecule has 1 fully saturated rings. The number of rotatable bonds is 3. The van der Waals surface area contributed by atoms with Gasteiger partial charge in [0.1, 0.15) is 0 Å². The fourth-order valence-electron chi connectivity index (χ4n) is 2.27. The van der Waals surface area contributed by atoms with Gasteiger partial charge in [-0.05, 0) is 25.5 Å². The third-order valence-electron chi connectivity index (χ3n) is 3.24. The fourth-order valence-corrected chi connectivity index (χ4v) is 2.27. The van der Waals surface area contributed by atoms with E-state index in [1.165, 1.54) is 0 Å². The van der Waals surface area contributed by atoms with Crippen molar-refractivity contribution in [2.45, 2.75) is 13.3 Å². The van der Waals surface area contributed by atoms with Gasteiger partial charge in [-0.25, -0.2) is 0 Å². The van der Waals surface area contributed by atoms with Crippen molar-refractivity contribution in [1.29, 1.82) is 0 Å². The van der Waals surface area contributed by atoms with Crippen LogP contribution in [0.3, 0.4) is 0 Å². The summed E-state index contributed by atoms with van der Waals surface area (Å²) in [5.41, 5.74) is 7.93. The lowest BCUT2D eigenvalue weighted by Gasteiger charge is -2.20.